The summed E-state index contributed by atoms with van der Waals surface area (Å²) in [6.45, 7) is 0.570. The number of ether oxygens (including phenoxy) is 1. The Bertz CT molecular complexity index is 440. The summed E-state index contributed by atoms with van der Waals surface area (Å²) in [4.78, 5) is 14.8. The van der Waals surface area contributed by atoms with Crippen LogP contribution < -0.4 is 10.5 Å². The molecule has 1 aliphatic carbocycles. The van der Waals surface area contributed by atoms with Crippen LogP contribution >= 0.6 is 0 Å². The Hall–Kier alpha value is -1.78. The first-order chi connectivity index (χ1) is 9.16. The topological polar surface area (TPSA) is 85.4 Å². The van der Waals surface area contributed by atoms with Gasteiger partial charge in [0.05, 0.1) is 12.3 Å². The van der Waals surface area contributed by atoms with Gasteiger partial charge < -0.3 is 15.6 Å². The molecule has 0 aromatic carbocycles. The number of hydrogen-bond acceptors (Lipinski definition) is 4. The summed E-state index contributed by atoms with van der Waals surface area (Å²) in [5, 5.41) is 8.90. The normalized spacial score (nSPS) is 16.8. The second-order valence-corrected chi connectivity index (χ2v) is 5.06. The molecule has 104 valence electrons. The van der Waals surface area contributed by atoms with Gasteiger partial charge in [0.1, 0.15) is 0 Å². The maximum Gasteiger partial charge on any atom is 0.354 e. The predicted octanol–water partition coefficient (Wildman–Crippen LogP) is 2.71. The second-order valence-electron chi connectivity index (χ2n) is 5.06. The Labute approximate surface area is 112 Å². The lowest BCUT2D eigenvalue weighted by Crippen LogP contribution is -2.14. The molecule has 1 aromatic rings. The molecule has 1 fully saturated rings. The fraction of sp³-hybridized carbons (Fsp3) is 0.571. The number of nitrogens with two attached hydrogens (primary N) is 1. The van der Waals surface area contributed by atoms with Gasteiger partial charge in [-0.25, -0.2) is 9.78 Å². The van der Waals surface area contributed by atoms with Crippen molar-refractivity contribution in [2.75, 3.05) is 12.3 Å². The third-order valence-electron chi connectivity index (χ3n) is 3.54. The average Bonchev–Trinajstić information content (AvgIpc) is 2.66. The predicted molar refractivity (Wildman–Crippen MR) is 72.3 cm³/mol. The minimum absolute atomic E-state index is 0.0370. The largest absolute Gasteiger partial charge is 0.477 e. The quantitative estimate of drug-likeness (QED) is 0.817. The van der Waals surface area contributed by atoms with Crippen LogP contribution in [0.1, 0.15) is 49.0 Å². The molecule has 1 saturated carbocycles. The Balaban J connectivity index is 1.97. The van der Waals surface area contributed by atoms with E-state index in [4.69, 9.17) is 15.6 Å². The minimum atomic E-state index is -1.07. The Morgan fingerprint density at radius 2 is 2.00 bits per heavy atom. The van der Waals surface area contributed by atoms with Gasteiger partial charge in [0.2, 0.25) is 5.88 Å². The van der Waals surface area contributed by atoms with Crippen molar-refractivity contribution in [2.45, 2.75) is 38.5 Å². The number of carboxylic acids is 1. The van der Waals surface area contributed by atoms with Gasteiger partial charge in [-0.1, -0.05) is 25.7 Å². The number of nitrogen functional groups attached to an aromatic ring is 1. The van der Waals surface area contributed by atoms with Gasteiger partial charge in [-0.05, 0) is 30.9 Å². The Morgan fingerprint density at radius 1 is 1.32 bits per heavy atom. The highest BCUT2D eigenvalue weighted by molar-refractivity contribution is 5.86. The van der Waals surface area contributed by atoms with Crippen molar-refractivity contribution in [1.82, 2.24) is 4.98 Å². The van der Waals surface area contributed by atoms with E-state index >= 15 is 0 Å². The van der Waals surface area contributed by atoms with Gasteiger partial charge in [0, 0.05) is 0 Å². The molecule has 1 aromatic heterocycles. The van der Waals surface area contributed by atoms with Crippen molar-refractivity contribution in [3.8, 4) is 5.88 Å². The molecule has 2 rings (SSSR count). The number of nitrogens with zero attached hydrogens (tertiary/aromatic N) is 1. The van der Waals surface area contributed by atoms with Crippen LogP contribution in [0.3, 0.4) is 0 Å². The summed E-state index contributed by atoms with van der Waals surface area (Å²) in [7, 11) is 0. The van der Waals surface area contributed by atoms with E-state index in [9.17, 15) is 4.79 Å². The van der Waals surface area contributed by atoms with Gasteiger partial charge >= 0.3 is 5.97 Å². The van der Waals surface area contributed by atoms with Gasteiger partial charge in [-0.3, -0.25) is 0 Å². The molecule has 5 heteroatoms. The standard InChI is InChI=1S/C14H20N2O3/c15-11-7-8-12(14(17)18)16-13(11)19-9-10-5-3-1-2-4-6-10/h7-8,10H,1-6,9,15H2,(H,17,18). The van der Waals surface area contributed by atoms with E-state index in [1.54, 1.807) is 0 Å². The molecule has 0 spiro atoms. The third-order valence-corrected chi connectivity index (χ3v) is 3.54. The number of anilines is 1. The summed E-state index contributed by atoms with van der Waals surface area (Å²) in [6.07, 6.45) is 7.41. The van der Waals surface area contributed by atoms with Crippen LogP contribution in [-0.4, -0.2) is 22.7 Å². The van der Waals surface area contributed by atoms with Gasteiger partial charge in [0.25, 0.3) is 0 Å². The van der Waals surface area contributed by atoms with E-state index in [1.807, 2.05) is 0 Å². The number of rotatable bonds is 4. The van der Waals surface area contributed by atoms with E-state index in [2.05, 4.69) is 4.98 Å². The first-order valence-electron chi connectivity index (χ1n) is 6.79. The van der Waals surface area contributed by atoms with Gasteiger partial charge in [0.15, 0.2) is 5.69 Å². The monoisotopic (exact) mass is 264 g/mol. The first kappa shape index (κ1) is 13.6. The lowest BCUT2D eigenvalue weighted by Gasteiger charge is -2.15. The molecule has 1 heterocycles. The van der Waals surface area contributed by atoms with Crippen molar-refractivity contribution in [3.05, 3.63) is 17.8 Å². The molecule has 5 nitrogen and oxygen atoms in total. The zero-order valence-corrected chi connectivity index (χ0v) is 11.0. The van der Waals surface area contributed by atoms with E-state index in [1.165, 1.54) is 50.7 Å². The number of carboxylic acid groups (broad SMARTS) is 1. The van der Waals surface area contributed by atoms with Crippen LogP contribution in [0.5, 0.6) is 5.88 Å². The van der Waals surface area contributed by atoms with Crippen molar-refractivity contribution in [2.24, 2.45) is 5.92 Å². The summed E-state index contributed by atoms with van der Waals surface area (Å²) in [6, 6.07) is 2.91. The van der Waals surface area contributed by atoms with E-state index in [-0.39, 0.29) is 11.6 Å². The lowest BCUT2D eigenvalue weighted by atomic mass is 10.0. The molecule has 0 saturated heterocycles. The maximum atomic E-state index is 10.9. The molecule has 0 amide bonds. The maximum absolute atomic E-state index is 10.9. The Morgan fingerprint density at radius 3 is 2.63 bits per heavy atom. The molecule has 3 N–H and O–H groups in total. The van der Waals surface area contributed by atoms with Crippen LogP contribution in [0, 0.1) is 5.92 Å². The van der Waals surface area contributed by atoms with Crippen molar-refractivity contribution < 1.29 is 14.6 Å². The molecule has 0 unspecified atom stereocenters. The van der Waals surface area contributed by atoms with Crippen LogP contribution in [0.2, 0.25) is 0 Å². The average molecular weight is 264 g/mol. The fourth-order valence-electron chi connectivity index (χ4n) is 2.41. The highest BCUT2D eigenvalue weighted by Crippen LogP contribution is 2.25. The SMILES string of the molecule is Nc1ccc(C(=O)O)nc1OCC1CCCCCC1. The molecule has 1 aliphatic rings. The summed E-state index contributed by atoms with van der Waals surface area (Å²) in [5.74, 6) is -0.305. The third kappa shape index (κ3) is 3.84. The van der Waals surface area contributed by atoms with Crippen molar-refractivity contribution >= 4 is 11.7 Å². The number of pyridine rings is 1. The molecule has 0 atom stereocenters. The molecule has 0 bridgehead atoms. The Kier molecular flexibility index (Phi) is 4.60. The van der Waals surface area contributed by atoms with Crippen molar-refractivity contribution in [1.29, 1.82) is 0 Å². The highest BCUT2D eigenvalue weighted by atomic mass is 16.5. The minimum Gasteiger partial charge on any atom is -0.477 e. The van der Waals surface area contributed by atoms with Crippen LogP contribution in [0.4, 0.5) is 5.69 Å². The van der Waals surface area contributed by atoms with Crippen molar-refractivity contribution in [3.63, 3.8) is 0 Å². The van der Waals surface area contributed by atoms with Gasteiger partial charge in [-0.15, -0.1) is 0 Å². The summed E-state index contributed by atoms with van der Waals surface area (Å²) >= 11 is 0. The molecular formula is C14H20N2O3. The first-order valence-corrected chi connectivity index (χ1v) is 6.79. The van der Waals surface area contributed by atoms with Crippen LogP contribution in [-0.2, 0) is 0 Å². The number of hydrogen-bond donors (Lipinski definition) is 2. The van der Waals surface area contributed by atoms with E-state index in [0.717, 1.165) is 0 Å². The molecule has 19 heavy (non-hydrogen) atoms. The summed E-state index contributed by atoms with van der Waals surface area (Å²) < 4.78 is 5.62. The van der Waals surface area contributed by atoms with Crippen LogP contribution in [0.25, 0.3) is 0 Å². The highest BCUT2D eigenvalue weighted by Gasteiger charge is 2.15. The number of aromatic carboxylic acids is 1. The lowest BCUT2D eigenvalue weighted by molar-refractivity contribution is 0.0689. The zero-order valence-electron chi connectivity index (χ0n) is 11.0. The molecule has 0 aliphatic heterocycles. The second kappa shape index (κ2) is 6.41. The zero-order chi connectivity index (χ0) is 13.7. The van der Waals surface area contributed by atoms with E-state index in [0.29, 0.717) is 18.2 Å². The summed E-state index contributed by atoms with van der Waals surface area (Å²) in [5.41, 5.74) is 6.11. The smallest absolute Gasteiger partial charge is 0.354 e. The number of aromatic nitrogens is 1. The van der Waals surface area contributed by atoms with E-state index < -0.39 is 5.97 Å². The molecular weight excluding hydrogens is 244 g/mol. The van der Waals surface area contributed by atoms with Crippen LogP contribution in [0.15, 0.2) is 12.1 Å². The van der Waals surface area contributed by atoms with Gasteiger partial charge in [-0.2, -0.15) is 0 Å². The molecule has 0 radical (unpaired) electrons. The number of carbonyl (C=O) groups is 1. The fourth-order valence-corrected chi connectivity index (χ4v) is 2.41.